The van der Waals surface area contributed by atoms with E-state index in [4.69, 9.17) is 4.42 Å². The van der Waals surface area contributed by atoms with E-state index in [1.807, 2.05) is 14.0 Å². The van der Waals surface area contributed by atoms with Crippen LogP contribution >= 0.6 is 0 Å². The van der Waals surface area contributed by atoms with E-state index in [0.717, 1.165) is 0 Å². The van der Waals surface area contributed by atoms with Crippen LogP contribution in [0.3, 0.4) is 0 Å². The summed E-state index contributed by atoms with van der Waals surface area (Å²) in [6, 6.07) is 3.61. The van der Waals surface area contributed by atoms with Crippen molar-refractivity contribution in [3.8, 4) is 0 Å². The molecule has 1 aromatic carbocycles. The summed E-state index contributed by atoms with van der Waals surface area (Å²) >= 11 is 0. The van der Waals surface area contributed by atoms with E-state index in [9.17, 15) is 8.78 Å². The molecule has 86 valence electrons. The highest BCUT2D eigenvalue weighted by Gasteiger charge is 2.11. The first-order valence-corrected chi connectivity index (χ1v) is 5.15. The van der Waals surface area contributed by atoms with Crippen molar-refractivity contribution in [3.63, 3.8) is 0 Å². The maximum atomic E-state index is 13.6. The molecule has 0 aliphatic carbocycles. The summed E-state index contributed by atoms with van der Waals surface area (Å²) in [5, 5.41) is 3.62. The van der Waals surface area contributed by atoms with E-state index in [2.05, 4.69) is 5.32 Å². The highest BCUT2D eigenvalue weighted by molar-refractivity contribution is 5.78. The van der Waals surface area contributed by atoms with Gasteiger partial charge in [0.2, 0.25) is 0 Å². The van der Waals surface area contributed by atoms with E-state index >= 15 is 0 Å². The Morgan fingerprint density at radius 2 is 2.06 bits per heavy atom. The van der Waals surface area contributed by atoms with E-state index < -0.39 is 6.01 Å². The van der Waals surface area contributed by atoms with E-state index in [1.54, 1.807) is 6.07 Å². The number of likely N-dealkylation sites (N-methyl/N-ethyl adjacent to an activating group) is 1. The fraction of sp³-hybridized carbons (Fsp3) is 0.333. The second-order valence-corrected chi connectivity index (χ2v) is 3.93. The van der Waals surface area contributed by atoms with Gasteiger partial charge in [-0.15, -0.1) is 0 Å². The first kappa shape index (κ1) is 11.1. The fourth-order valence-electron chi connectivity index (χ4n) is 1.67. The van der Waals surface area contributed by atoms with Gasteiger partial charge >= 0.3 is 0 Å². The Balaban J connectivity index is 2.41. The number of nitrogens with one attached hydrogen (secondary N) is 1. The topological polar surface area (TPSA) is 25.2 Å². The Kier molecular flexibility index (Phi) is 2.92. The van der Waals surface area contributed by atoms with Gasteiger partial charge in [-0.2, -0.15) is 4.39 Å². The van der Waals surface area contributed by atoms with Crippen LogP contribution in [-0.2, 0) is 6.42 Å². The fourth-order valence-corrected chi connectivity index (χ4v) is 1.67. The minimum Gasteiger partial charge on any atom is -0.431 e. The van der Waals surface area contributed by atoms with Gasteiger partial charge < -0.3 is 9.73 Å². The molecule has 0 saturated carbocycles. The SMILES string of the molecule is CN[C@H](C)Cc1cc2cc(F)oc2cc1F. The molecular formula is C12H13F2NO. The average molecular weight is 225 g/mol. The lowest BCUT2D eigenvalue weighted by atomic mass is 10.0. The molecule has 2 nitrogen and oxygen atoms in total. The molecule has 0 bridgehead atoms. The van der Waals surface area contributed by atoms with Crippen LogP contribution < -0.4 is 5.32 Å². The zero-order valence-electron chi connectivity index (χ0n) is 9.18. The first-order valence-electron chi connectivity index (χ1n) is 5.15. The van der Waals surface area contributed by atoms with E-state index in [0.29, 0.717) is 17.4 Å². The van der Waals surface area contributed by atoms with Gasteiger partial charge in [0, 0.05) is 23.6 Å². The molecular weight excluding hydrogens is 212 g/mol. The quantitative estimate of drug-likeness (QED) is 0.868. The minimum atomic E-state index is -0.687. The van der Waals surface area contributed by atoms with Gasteiger partial charge in [0.1, 0.15) is 11.4 Å². The molecule has 1 atom stereocenters. The highest BCUT2D eigenvalue weighted by atomic mass is 19.1. The molecule has 0 saturated heterocycles. The molecule has 4 heteroatoms. The van der Waals surface area contributed by atoms with Gasteiger partial charge in [-0.1, -0.05) is 0 Å². The number of rotatable bonds is 3. The van der Waals surface area contributed by atoms with Crippen molar-refractivity contribution < 1.29 is 13.2 Å². The Hall–Kier alpha value is -1.42. The molecule has 1 aromatic heterocycles. The molecule has 2 rings (SSSR count). The summed E-state index contributed by atoms with van der Waals surface area (Å²) in [6.45, 7) is 1.96. The smallest absolute Gasteiger partial charge is 0.278 e. The largest absolute Gasteiger partial charge is 0.431 e. The Labute approximate surface area is 92.2 Å². The van der Waals surface area contributed by atoms with E-state index in [-0.39, 0.29) is 17.4 Å². The molecule has 2 aromatic rings. The van der Waals surface area contributed by atoms with Gasteiger partial charge in [-0.05, 0) is 32.0 Å². The molecule has 0 aliphatic heterocycles. The summed E-state index contributed by atoms with van der Waals surface area (Å²) in [6.07, 6.45) is 0.561. The van der Waals surface area contributed by atoms with Gasteiger partial charge in [-0.3, -0.25) is 0 Å². The standard InChI is InChI=1S/C12H13F2NO/c1-7(15-2)3-8-4-9-5-12(14)16-11(9)6-10(8)13/h4-7,15H,3H2,1-2H3/t7-/m1/s1. The summed E-state index contributed by atoms with van der Waals surface area (Å²) in [7, 11) is 1.82. The lowest BCUT2D eigenvalue weighted by Gasteiger charge is -2.10. The van der Waals surface area contributed by atoms with Crippen LogP contribution in [0, 0.1) is 11.8 Å². The number of hydrogen-bond donors (Lipinski definition) is 1. The van der Waals surface area contributed by atoms with Crippen molar-refractivity contribution in [3.05, 3.63) is 35.6 Å². The second-order valence-electron chi connectivity index (χ2n) is 3.93. The van der Waals surface area contributed by atoms with E-state index in [1.165, 1.54) is 12.1 Å². The van der Waals surface area contributed by atoms with Gasteiger partial charge in [0.25, 0.3) is 6.01 Å². The van der Waals surface area contributed by atoms with Gasteiger partial charge in [-0.25, -0.2) is 4.39 Å². The van der Waals surface area contributed by atoms with Crippen LogP contribution in [0.2, 0.25) is 0 Å². The van der Waals surface area contributed by atoms with Crippen molar-refractivity contribution in [2.45, 2.75) is 19.4 Å². The van der Waals surface area contributed by atoms with Crippen molar-refractivity contribution in [1.29, 1.82) is 0 Å². The summed E-state index contributed by atoms with van der Waals surface area (Å²) in [4.78, 5) is 0. The number of halogens is 2. The van der Waals surface area contributed by atoms with Crippen molar-refractivity contribution in [2.75, 3.05) is 7.05 Å². The maximum Gasteiger partial charge on any atom is 0.278 e. The van der Waals surface area contributed by atoms with Crippen LogP contribution in [0.4, 0.5) is 8.78 Å². The van der Waals surface area contributed by atoms with Crippen LogP contribution in [0.25, 0.3) is 11.0 Å². The van der Waals surface area contributed by atoms with Gasteiger partial charge in [0.05, 0.1) is 0 Å². The lowest BCUT2D eigenvalue weighted by Crippen LogP contribution is -2.23. The number of furan rings is 1. The monoisotopic (exact) mass is 225 g/mol. The van der Waals surface area contributed by atoms with Crippen molar-refractivity contribution in [2.24, 2.45) is 0 Å². The molecule has 0 fully saturated rings. The zero-order chi connectivity index (χ0) is 11.7. The molecule has 0 unspecified atom stereocenters. The van der Waals surface area contributed by atoms with Crippen LogP contribution in [-0.4, -0.2) is 13.1 Å². The second kappa shape index (κ2) is 4.22. The van der Waals surface area contributed by atoms with Crippen LogP contribution in [0.5, 0.6) is 0 Å². The Morgan fingerprint density at radius 1 is 1.31 bits per heavy atom. The zero-order valence-corrected chi connectivity index (χ0v) is 9.18. The van der Waals surface area contributed by atoms with Gasteiger partial charge in [0.15, 0.2) is 0 Å². The number of benzene rings is 1. The normalized spacial score (nSPS) is 13.2. The molecule has 0 amide bonds. The first-order chi connectivity index (χ1) is 7.60. The molecule has 0 aliphatic rings. The predicted octanol–water partition coefficient (Wildman–Crippen LogP) is 2.86. The third-order valence-electron chi connectivity index (χ3n) is 2.67. The average Bonchev–Trinajstić information content (AvgIpc) is 2.58. The maximum absolute atomic E-state index is 13.6. The summed E-state index contributed by atoms with van der Waals surface area (Å²) in [5.41, 5.74) is 0.811. The van der Waals surface area contributed by atoms with Crippen LogP contribution in [0.15, 0.2) is 22.6 Å². The molecule has 0 radical (unpaired) electrons. The third-order valence-corrected chi connectivity index (χ3v) is 2.67. The third kappa shape index (κ3) is 2.07. The highest BCUT2D eigenvalue weighted by Crippen LogP contribution is 2.23. The molecule has 0 spiro atoms. The Morgan fingerprint density at radius 3 is 2.75 bits per heavy atom. The minimum absolute atomic E-state index is 0.170. The van der Waals surface area contributed by atoms with Crippen LogP contribution in [0.1, 0.15) is 12.5 Å². The van der Waals surface area contributed by atoms with Crippen molar-refractivity contribution in [1.82, 2.24) is 5.32 Å². The Bertz CT molecular complexity index is 507. The molecule has 16 heavy (non-hydrogen) atoms. The van der Waals surface area contributed by atoms with Crippen molar-refractivity contribution >= 4 is 11.0 Å². The number of fused-ring (bicyclic) bond motifs is 1. The summed E-state index contributed by atoms with van der Waals surface area (Å²) in [5.74, 6) is -0.357. The lowest BCUT2D eigenvalue weighted by molar-refractivity contribution is 0.380. The molecule has 1 N–H and O–H groups in total. The molecule has 1 heterocycles. The predicted molar refractivity (Wildman–Crippen MR) is 58.4 cm³/mol. The number of hydrogen-bond acceptors (Lipinski definition) is 2. The summed E-state index contributed by atoms with van der Waals surface area (Å²) < 4.78 is 31.1.